The molecule has 0 N–H and O–H groups in total. The van der Waals surface area contributed by atoms with Crippen LogP contribution in [0.5, 0.6) is 0 Å². The summed E-state index contributed by atoms with van der Waals surface area (Å²) in [5, 5.41) is 8.15. The molecule has 3 aromatic rings. The average molecular weight is 290 g/mol. The Bertz CT molecular complexity index is 768. The minimum Gasteiger partial charge on any atom is -0.421 e. The van der Waals surface area contributed by atoms with E-state index in [1.54, 1.807) is 0 Å². The van der Waals surface area contributed by atoms with Gasteiger partial charge in [-0.15, -0.1) is 10.2 Å². The van der Waals surface area contributed by atoms with Crippen molar-refractivity contribution in [2.45, 2.75) is 20.3 Å². The van der Waals surface area contributed by atoms with Gasteiger partial charge in [0.1, 0.15) is 0 Å². The summed E-state index contributed by atoms with van der Waals surface area (Å²) in [6, 6.07) is 16.6. The van der Waals surface area contributed by atoms with E-state index in [0.717, 1.165) is 5.56 Å². The zero-order valence-electron chi connectivity index (χ0n) is 12.8. The normalized spacial score (nSPS) is 11.2. The van der Waals surface area contributed by atoms with Crippen LogP contribution < -0.4 is 0 Å². The lowest BCUT2D eigenvalue weighted by molar-refractivity contribution is 0.496. The summed E-state index contributed by atoms with van der Waals surface area (Å²) in [5.74, 6) is 1.16. The van der Waals surface area contributed by atoms with Crippen LogP contribution in [0.25, 0.3) is 12.2 Å². The molecule has 3 heteroatoms. The van der Waals surface area contributed by atoms with Crippen LogP contribution in [0.15, 0.2) is 52.9 Å². The van der Waals surface area contributed by atoms with Gasteiger partial charge in [0.25, 0.3) is 0 Å². The smallest absolute Gasteiger partial charge is 0.240 e. The van der Waals surface area contributed by atoms with Crippen LogP contribution in [-0.2, 0) is 6.42 Å². The van der Waals surface area contributed by atoms with Crippen molar-refractivity contribution in [2.75, 3.05) is 0 Å². The van der Waals surface area contributed by atoms with Crippen LogP contribution in [0, 0.1) is 13.8 Å². The molecule has 0 radical (unpaired) electrons. The van der Waals surface area contributed by atoms with E-state index in [9.17, 15) is 0 Å². The molecule has 1 aromatic heterocycles. The maximum absolute atomic E-state index is 5.65. The van der Waals surface area contributed by atoms with Crippen molar-refractivity contribution in [1.82, 2.24) is 10.2 Å². The Kier molecular flexibility index (Phi) is 4.15. The number of hydrogen-bond acceptors (Lipinski definition) is 3. The fourth-order valence-electron chi connectivity index (χ4n) is 2.13. The second-order valence-electron chi connectivity index (χ2n) is 5.44. The van der Waals surface area contributed by atoms with E-state index in [0.29, 0.717) is 18.2 Å². The molecule has 0 aliphatic rings. The lowest BCUT2D eigenvalue weighted by Gasteiger charge is -1.97. The van der Waals surface area contributed by atoms with Crippen molar-refractivity contribution in [2.24, 2.45) is 0 Å². The summed E-state index contributed by atoms with van der Waals surface area (Å²) in [5.41, 5.74) is 4.78. The third kappa shape index (κ3) is 3.70. The van der Waals surface area contributed by atoms with Gasteiger partial charge in [-0.25, -0.2) is 0 Å². The van der Waals surface area contributed by atoms with E-state index < -0.39 is 0 Å². The third-order valence-corrected chi connectivity index (χ3v) is 3.45. The molecule has 0 saturated carbocycles. The third-order valence-electron chi connectivity index (χ3n) is 3.45. The van der Waals surface area contributed by atoms with Crippen molar-refractivity contribution in [3.63, 3.8) is 0 Å². The summed E-state index contributed by atoms with van der Waals surface area (Å²) in [4.78, 5) is 0. The Morgan fingerprint density at radius 3 is 2.14 bits per heavy atom. The molecule has 0 aliphatic carbocycles. The number of aromatic nitrogens is 2. The van der Waals surface area contributed by atoms with Crippen molar-refractivity contribution in [1.29, 1.82) is 0 Å². The topological polar surface area (TPSA) is 38.9 Å². The average Bonchev–Trinajstić information content (AvgIpc) is 2.97. The molecule has 22 heavy (non-hydrogen) atoms. The molecule has 0 unspecified atom stereocenters. The summed E-state index contributed by atoms with van der Waals surface area (Å²) < 4.78 is 5.65. The molecule has 0 aliphatic heterocycles. The molecule has 3 rings (SSSR count). The summed E-state index contributed by atoms with van der Waals surface area (Å²) in [7, 11) is 0. The highest BCUT2D eigenvalue weighted by Crippen LogP contribution is 2.12. The second-order valence-corrected chi connectivity index (χ2v) is 5.44. The number of nitrogens with zero attached hydrogens (tertiary/aromatic N) is 2. The first-order valence-electron chi connectivity index (χ1n) is 7.32. The fourth-order valence-corrected chi connectivity index (χ4v) is 2.13. The Morgan fingerprint density at radius 2 is 1.45 bits per heavy atom. The van der Waals surface area contributed by atoms with Crippen LogP contribution in [0.4, 0.5) is 0 Å². The molecule has 0 saturated heterocycles. The van der Waals surface area contributed by atoms with Crippen LogP contribution in [0.2, 0.25) is 0 Å². The molecule has 0 amide bonds. The first-order valence-corrected chi connectivity index (χ1v) is 7.32. The largest absolute Gasteiger partial charge is 0.421 e. The van der Waals surface area contributed by atoms with E-state index in [2.05, 4.69) is 72.6 Å². The SMILES string of the molecule is Cc1ccc(/C=C/c2nnc(Cc3ccc(C)cc3)o2)cc1. The Morgan fingerprint density at radius 1 is 0.818 bits per heavy atom. The zero-order chi connectivity index (χ0) is 15.4. The summed E-state index contributed by atoms with van der Waals surface area (Å²) >= 11 is 0. The number of benzene rings is 2. The van der Waals surface area contributed by atoms with Crippen molar-refractivity contribution >= 4 is 12.2 Å². The molecule has 0 spiro atoms. The molecule has 0 atom stereocenters. The van der Waals surface area contributed by atoms with Gasteiger partial charge in [-0.3, -0.25) is 0 Å². The van der Waals surface area contributed by atoms with E-state index >= 15 is 0 Å². The molecule has 0 bridgehead atoms. The van der Waals surface area contributed by atoms with Gasteiger partial charge in [0, 0.05) is 6.08 Å². The van der Waals surface area contributed by atoms with Gasteiger partial charge in [-0.05, 0) is 31.1 Å². The van der Waals surface area contributed by atoms with E-state index in [-0.39, 0.29) is 0 Å². The Labute approximate surface area is 130 Å². The molecule has 1 heterocycles. The molecular formula is C19H18N2O. The van der Waals surface area contributed by atoms with Gasteiger partial charge in [-0.1, -0.05) is 59.7 Å². The maximum atomic E-state index is 5.65. The van der Waals surface area contributed by atoms with Crippen LogP contribution in [0.1, 0.15) is 34.0 Å². The minimum absolute atomic E-state index is 0.530. The van der Waals surface area contributed by atoms with Gasteiger partial charge in [0.15, 0.2) is 0 Å². The van der Waals surface area contributed by atoms with Crippen molar-refractivity contribution in [3.8, 4) is 0 Å². The van der Waals surface area contributed by atoms with E-state index in [1.165, 1.54) is 16.7 Å². The quantitative estimate of drug-likeness (QED) is 0.712. The second kappa shape index (κ2) is 6.39. The highest BCUT2D eigenvalue weighted by Gasteiger charge is 2.04. The molecule has 0 fully saturated rings. The van der Waals surface area contributed by atoms with Crippen LogP contribution in [-0.4, -0.2) is 10.2 Å². The van der Waals surface area contributed by atoms with E-state index in [1.807, 2.05) is 12.2 Å². The fraction of sp³-hybridized carbons (Fsp3) is 0.158. The monoisotopic (exact) mass is 290 g/mol. The van der Waals surface area contributed by atoms with Crippen LogP contribution in [0.3, 0.4) is 0 Å². The van der Waals surface area contributed by atoms with Crippen LogP contribution >= 0.6 is 0 Å². The predicted octanol–water partition coefficient (Wildman–Crippen LogP) is 4.45. The standard InChI is InChI=1S/C19H18N2O/c1-14-3-7-16(8-4-14)11-12-18-20-21-19(22-18)13-17-9-5-15(2)6-10-17/h3-12H,13H2,1-2H3/b12-11+. The lowest BCUT2D eigenvalue weighted by atomic mass is 10.1. The first kappa shape index (κ1) is 14.3. The molecular weight excluding hydrogens is 272 g/mol. The number of rotatable bonds is 4. The van der Waals surface area contributed by atoms with Gasteiger partial charge >= 0.3 is 0 Å². The minimum atomic E-state index is 0.530. The van der Waals surface area contributed by atoms with Gasteiger partial charge in [0.2, 0.25) is 11.8 Å². The molecule has 110 valence electrons. The summed E-state index contributed by atoms with van der Waals surface area (Å²) in [6.07, 6.45) is 4.48. The van der Waals surface area contributed by atoms with Crippen molar-refractivity contribution < 1.29 is 4.42 Å². The number of hydrogen-bond donors (Lipinski definition) is 0. The van der Waals surface area contributed by atoms with E-state index in [4.69, 9.17) is 4.42 Å². The van der Waals surface area contributed by atoms with Crippen molar-refractivity contribution in [3.05, 3.63) is 82.6 Å². The zero-order valence-corrected chi connectivity index (χ0v) is 12.8. The molecule has 2 aromatic carbocycles. The van der Waals surface area contributed by atoms with Gasteiger partial charge in [0.05, 0.1) is 6.42 Å². The molecule has 3 nitrogen and oxygen atoms in total. The Hall–Kier alpha value is -2.68. The number of aryl methyl sites for hydroxylation is 2. The highest BCUT2D eigenvalue weighted by atomic mass is 16.4. The summed E-state index contributed by atoms with van der Waals surface area (Å²) in [6.45, 7) is 4.15. The lowest BCUT2D eigenvalue weighted by Crippen LogP contribution is -1.88. The highest BCUT2D eigenvalue weighted by molar-refractivity contribution is 5.65. The maximum Gasteiger partial charge on any atom is 0.240 e. The first-order chi connectivity index (χ1) is 10.7. The predicted molar refractivity (Wildman–Crippen MR) is 88.4 cm³/mol. The van der Waals surface area contributed by atoms with Gasteiger partial charge in [-0.2, -0.15) is 0 Å². The Balaban J connectivity index is 1.68. The van der Waals surface area contributed by atoms with Gasteiger partial charge < -0.3 is 4.42 Å².